The summed E-state index contributed by atoms with van der Waals surface area (Å²) in [6, 6.07) is 4.44. The average molecular weight is 384 g/mol. The third-order valence-corrected chi connectivity index (χ3v) is 6.30. The summed E-state index contributed by atoms with van der Waals surface area (Å²) in [6.45, 7) is 0. The highest BCUT2D eigenvalue weighted by atomic mass is 31.2. The number of phosphoric ester groups is 1. The second-order valence-corrected chi connectivity index (χ2v) is 7.98. The number of Topliss-reactive ketones (excluding diaryl/α,β-unsaturated/α-hetero) is 1. The van der Waals surface area contributed by atoms with Gasteiger partial charge in [0.2, 0.25) is 0 Å². The van der Waals surface area contributed by atoms with E-state index in [4.69, 9.17) is 13.6 Å². The zero-order valence-corrected chi connectivity index (χ0v) is 14.8. The lowest BCUT2D eigenvalue weighted by Gasteiger charge is -2.45. The molecule has 1 aromatic rings. The lowest BCUT2D eigenvalue weighted by Crippen LogP contribution is -2.49. The van der Waals surface area contributed by atoms with Gasteiger partial charge in [0.1, 0.15) is 11.5 Å². The van der Waals surface area contributed by atoms with E-state index in [-0.39, 0.29) is 18.0 Å². The first-order chi connectivity index (χ1) is 12.2. The minimum Gasteiger partial charge on any atom is -0.481 e. The number of carboxylic acids is 2. The predicted molar refractivity (Wildman–Crippen MR) is 86.1 cm³/mol. The first kappa shape index (κ1) is 18.6. The number of hydrogen-bond acceptors (Lipinski definition) is 7. The highest BCUT2D eigenvalue weighted by Gasteiger charge is 2.57. The van der Waals surface area contributed by atoms with Crippen LogP contribution in [0.2, 0.25) is 0 Å². The van der Waals surface area contributed by atoms with Crippen LogP contribution in [0.25, 0.3) is 0 Å². The first-order valence-electron chi connectivity index (χ1n) is 7.75. The molecule has 9 nitrogen and oxygen atoms in total. The van der Waals surface area contributed by atoms with Gasteiger partial charge in [-0.05, 0) is 23.3 Å². The van der Waals surface area contributed by atoms with Gasteiger partial charge in [0, 0.05) is 26.6 Å². The Bertz CT molecular complexity index is 825. The van der Waals surface area contributed by atoms with Gasteiger partial charge in [0.15, 0.2) is 0 Å². The minimum atomic E-state index is -3.83. The molecule has 4 unspecified atom stereocenters. The normalized spacial score (nSPS) is 27.1. The Kier molecular flexibility index (Phi) is 4.64. The topological polar surface area (TPSA) is 136 Å². The largest absolute Gasteiger partial charge is 0.529 e. The van der Waals surface area contributed by atoms with Gasteiger partial charge < -0.3 is 14.7 Å². The fraction of sp³-hybridized carbons (Fsp3) is 0.438. The molecule has 26 heavy (non-hydrogen) atoms. The fourth-order valence-corrected chi connectivity index (χ4v) is 4.59. The summed E-state index contributed by atoms with van der Waals surface area (Å²) in [4.78, 5) is 35.7. The Hall–Kier alpha value is -2.22. The average Bonchev–Trinajstić information content (AvgIpc) is 2.60. The maximum atomic E-state index is 12.4. The van der Waals surface area contributed by atoms with Gasteiger partial charge in [-0.1, -0.05) is 6.07 Å². The van der Waals surface area contributed by atoms with Crippen LogP contribution in [-0.2, 0) is 28.0 Å². The Morgan fingerprint density at radius 1 is 1.08 bits per heavy atom. The van der Waals surface area contributed by atoms with Gasteiger partial charge >= 0.3 is 19.8 Å². The van der Waals surface area contributed by atoms with E-state index < -0.39 is 43.4 Å². The van der Waals surface area contributed by atoms with E-state index in [1.54, 1.807) is 6.07 Å². The van der Waals surface area contributed by atoms with Crippen molar-refractivity contribution < 1.29 is 42.7 Å². The lowest BCUT2D eigenvalue weighted by molar-refractivity contribution is -0.160. The SMILES string of the molecule is COP(=O)(OC)Oc1ccc2c(c1)C1C(=O)CC2C(C(=O)O)C1C(=O)O. The van der Waals surface area contributed by atoms with Crippen molar-refractivity contribution in [1.29, 1.82) is 0 Å². The Morgan fingerprint density at radius 2 is 1.69 bits per heavy atom. The van der Waals surface area contributed by atoms with Crippen molar-refractivity contribution in [3.63, 3.8) is 0 Å². The fourth-order valence-electron chi connectivity index (χ4n) is 3.92. The smallest absolute Gasteiger partial charge is 0.481 e. The molecule has 1 fully saturated rings. The van der Waals surface area contributed by atoms with Crippen LogP contribution in [0.5, 0.6) is 5.75 Å². The van der Waals surface area contributed by atoms with Crippen molar-refractivity contribution in [2.45, 2.75) is 18.3 Å². The standard InChI is InChI=1S/C16H17O9P/c1-23-26(22,24-2)25-7-3-4-8-9(5-7)12-11(17)6-10(8)13(15(18)19)14(12)16(20)21/h3-5,10,12-14H,6H2,1-2H3,(H,18,19)(H,20,21). The number of rotatable bonds is 6. The van der Waals surface area contributed by atoms with Gasteiger partial charge in [-0.2, -0.15) is 0 Å². The first-order valence-corrected chi connectivity index (χ1v) is 9.21. The molecule has 0 amide bonds. The molecule has 0 spiro atoms. The highest BCUT2D eigenvalue weighted by molar-refractivity contribution is 7.48. The number of aliphatic carboxylic acids is 2. The van der Waals surface area contributed by atoms with Crippen LogP contribution in [0.4, 0.5) is 0 Å². The van der Waals surface area contributed by atoms with E-state index >= 15 is 0 Å². The molecule has 10 heteroatoms. The molecule has 0 radical (unpaired) electrons. The van der Waals surface area contributed by atoms with Crippen molar-refractivity contribution in [3.05, 3.63) is 29.3 Å². The number of carbonyl (C=O) groups is 3. The third kappa shape index (κ3) is 2.82. The Balaban J connectivity index is 2.09. The van der Waals surface area contributed by atoms with Crippen LogP contribution in [0.1, 0.15) is 29.4 Å². The van der Waals surface area contributed by atoms with Crippen LogP contribution in [0.15, 0.2) is 18.2 Å². The van der Waals surface area contributed by atoms with Crippen molar-refractivity contribution in [2.75, 3.05) is 14.2 Å². The lowest BCUT2D eigenvalue weighted by atomic mass is 9.55. The predicted octanol–water partition coefficient (Wildman–Crippen LogP) is 2.02. The Labute approximate surface area is 148 Å². The van der Waals surface area contributed by atoms with E-state index in [0.29, 0.717) is 11.1 Å². The summed E-state index contributed by atoms with van der Waals surface area (Å²) >= 11 is 0. The molecule has 0 saturated heterocycles. The molecule has 0 aromatic heterocycles. The Morgan fingerprint density at radius 3 is 2.23 bits per heavy atom. The molecule has 0 heterocycles. The van der Waals surface area contributed by atoms with Crippen molar-refractivity contribution >= 4 is 25.5 Å². The summed E-state index contributed by atoms with van der Waals surface area (Å²) in [7, 11) is -1.54. The highest BCUT2D eigenvalue weighted by Crippen LogP contribution is 2.56. The third-order valence-electron chi connectivity index (χ3n) is 4.98. The number of phosphoric acid groups is 1. The molecule has 4 rings (SSSR count). The van der Waals surface area contributed by atoms with Crippen LogP contribution in [0, 0.1) is 11.8 Å². The maximum Gasteiger partial charge on any atom is 0.529 e. The summed E-state index contributed by atoms with van der Waals surface area (Å²) < 4.78 is 26.7. The number of hydrogen-bond donors (Lipinski definition) is 2. The van der Waals surface area contributed by atoms with Crippen LogP contribution >= 0.6 is 7.82 Å². The van der Waals surface area contributed by atoms with Crippen molar-refractivity contribution in [1.82, 2.24) is 0 Å². The number of ketones is 1. The minimum absolute atomic E-state index is 0.0206. The maximum absolute atomic E-state index is 12.4. The zero-order chi connectivity index (χ0) is 19.2. The van der Waals surface area contributed by atoms with E-state index in [2.05, 4.69) is 0 Å². The summed E-state index contributed by atoms with van der Waals surface area (Å²) in [5.41, 5.74) is 0.976. The van der Waals surface area contributed by atoms with Crippen molar-refractivity contribution in [2.24, 2.45) is 11.8 Å². The van der Waals surface area contributed by atoms with Crippen LogP contribution < -0.4 is 4.52 Å². The molecule has 140 valence electrons. The van der Waals surface area contributed by atoms with Gasteiger partial charge in [0.05, 0.1) is 17.8 Å². The molecule has 1 aromatic carbocycles. The van der Waals surface area contributed by atoms with Crippen molar-refractivity contribution in [3.8, 4) is 5.75 Å². The molecular formula is C16H17O9P. The van der Waals surface area contributed by atoms with E-state index in [1.165, 1.54) is 12.1 Å². The molecule has 3 aliphatic rings. The van der Waals surface area contributed by atoms with E-state index in [0.717, 1.165) is 14.2 Å². The van der Waals surface area contributed by atoms with E-state index in [9.17, 15) is 29.2 Å². The van der Waals surface area contributed by atoms with Gasteiger partial charge in [-0.15, -0.1) is 0 Å². The summed E-state index contributed by atoms with van der Waals surface area (Å²) in [5.74, 6) is -7.20. The van der Waals surface area contributed by atoms with Crippen LogP contribution in [0.3, 0.4) is 0 Å². The summed E-state index contributed by atoms with van der Waals surface area (Å²) in [6.07, 6.45) is -0.0206. The monoisotopic (exact) mass is 384 g/mol. The second kappa shape index (κ2) is 6.50. The van der Waals surface area contributed by atoms with Gasteiger partial charge in [-0.3, -0.25) is 23.4 Å². The van der Waals surface area contributed by atoms with Crippen LogP contribution in [-0.4, -0.2) is 42.2 Å². The van der Waals surface area contributed by atoms with Gasteiger partial charge in [0.25, 0.3) is 0 Å². The number of carbonyl (C=O) groups excluding carboxylic acids is 1. The van der Waals surface area contributed by atoms with Gasteiger partial charge in [-0.25, -0.2) is 4.57 Å². The molecular weight excluding hydrogens is 367 g/mol. The molecule has 2 N–H and O–H groups in total. The molecule has 4 atom stereocenters. The molecule has 1 saturated carbocycles. The zero-order valence-electron chi connectivity index (χ0n) is 13.9. The molecule has 2 bridgehead atoms. The van der Waals surface area contributed by atoms with E-state index in [1.807, 2.05) is 0 Å². The molecule has 0 aliphatic heterocycles. The quantitative estimate of drug-likeness (QED) is 0.706. The summed E-state index contributed by atoms with van der Waals surface area (Å²) in [5, 5.41) is 19.0. The number of carboxylic acid groups (broad SMARTS) is 2. The number of fused-ring (bicyclic) bond motifs is 2. The second-order valence-electron chi connectivity index (χ2n) is 6.18. The number of benzene rings is 1. The molecule has 3 aliphatic carbocycles.